The monoisotopic (exact) mass is 247 g/mol. The molecule has 0 saturated heterocycles. The zero-order chi connectivity index (χ0) is 13.2. The third kappa shape index (κ3) is 1.84. The van der Waals surface area contributed by atoms with Crippen LogP contribution in [0.3, 0.4) is 0 Å². The number of para-hydroxylation sites is 2. The number of nitriles is 1. The molecule has 92 valence electrons. The third-order valence-corrected chi connectivity index (χ3v) is 3.30. The highest BCUT2D eigenvalue weighted by Gasteiger charge is 2.13. The number of fused-ring (bicyclic) bond motifs is 1. The number of aromatic nitrogens is 1. The Morgan fingerprint density at radius 2 is 1.79 bits per heavy atom. The summed E-state index contributed by atoms with van der Waals surface area (Å²) in [6.07, 6.45) is 0.369. The molecular weight excluding hydrogens is 234 g/mol. The highest BCUT2D eigenvalue weighted by Crippen LogP contribution is 2.33. The molecule has 3 heteroatoms. The maximum absolute atomic E-state index is 9.04. The standard InChI is InChI=1S/C16H13N3/c17-10-9-12-11-5-2-4-8-15(11)19-16(12)13-6-1-3-7-14(13)18/h1-8,19H,9,18H2. The van der Waals surface area contributed by atoms with Crippen LogP contribution < -0.4 is 5.73 Å². The van der Waals surface area contributed by atoms with Gasteiger partial charge in [-0.25, -0.2) is 0 Å². The first-order chi connectivity index (χ1) is 9.31. The lowest BCUT2D eigenvalue weighted by Gasteiger charge is -2.05. The minimum absolute atomic E-state index is 0.369. The molecule has 0 atom stereocenters. The lowest BCUT2D eigenvalue weighted by molar-refractivity contribution is 1.28. The van der Waals surface area contributed by atoms with Crippen LogP contribution >= 0.6 is 0 Å². The first kappa shape index (κ1) is 11.4. The number of aromatic amines is 1. The fourth-order valence-electron chi connectivity index (χ4n) is 2.42. The number of anilines is 1. The molecule has 0 bridgehead atoms. The fourth-order valence-corrected chi connectivity index (χ4v) is 2.42. The van der Waals surface area contributed by atoms with Gasteiger partial charge in [-0.2, -0.15) is 5.26 Å². The normalized spacial score (nSPS) is 10.5. The van der Waals surface area contributed by atoms with Gasteiger partial charge in [-0.15, -0.1) is 0 Å². The Kier molecular flexibility index (Phi) is 2.70. The van der Waals surface area contributed by atoms with Crippen LogP contribution in [0.15, 0.2) is 48.5 Å². The quantitative estimate of drug-likeness (QED) is 0.681. The van der Waals surface area contributed by atoms with E-state index in [0.29, 0.717) is 12.1 Å². The molecule has 0 aliphatic rings. The molecule has 0 amide bonds. The van der Waals surface area contributed by atoms with Crippen molar-refractivity contribution in [3.63, 3.8) is 0 Å². The summed E-state index contributed by atoms with van der Waals surface area (Å²) in [5.41, 5.74) is 10.7. The summed E-state index contributed by atoms with van der Waals surface area (Å²) in [5.74, 6) is 0. The van der Waals surface area contributed by atoms with Crippen molar-refractivity contribution < 1.29 is 0 Å². The van der Waals surface area contributed by atoms with Crippen LogP contribution in [0.25, 0.3) is 22.2 Å². The highest BCUT2D eigenvalue weighted by molar-refractivity contribution is 5.93. The van der Waals surface area contributed by atoms with E-state index >= 15 is 0 Å². The number of benzene rings is 2. The van der Waals surface area contributed by atoms with E-state index < -0.39 is 0 Å². The predicted octanol–water partition coefficient (Wildman–Crippen LogP) is 3.48. The van der Waals surface area contributed by atoms with Gasteiger partial charge in [0.15, 0.2) is 0 Å². The van der Waals surface area contributed by atoms with Gasteiger partial charge >= 0.3 is 0 Å². The number of hydrogen-bond acceptors (Lipinski definition) is 2. The third-order valence-electron chi connectivity index (χ3n) is 3.30. The Balaban J connectivity index is 2.32. The van der Waals surface area contributed by atoms with Crippen molar-refractivity contribution in [2.24, 2.45) is 0 Å². The molecule has 3 aromatic rings. The smallest absolute Gasteiger partial charge is 0.0670 e. The molecule has 3 rings (SSSR count). The molecule has 0 spiro atoms. The Morgan fingerprint density at radius 3 is 2.58 bits per heavy atom. The van der Waals surface area contributed by atoms with E-state index in [1.54, 1.807) is 0 Å². The van der Waals surface area contributed by atoms with Crippen LogP contribution in [0.5, 0.6) is 0 Å². The number of nitrogens with zero attached hydrogens (tertiary/aromatic N) is 1. The average Bonchev–Trinajstić information content (AvgIpc) is 2.79. The molecule has 0 aliphatic carbocycles. The zero-order valence-electron chi connectivity index (χ0n) is 10.4. The largest absolute Gasteiger partial charge is 0.398 e. The second-order valence-corrected chi connectivity index (χ2v) is 4.45. The van der Waals surface area contributed by atoms with Crippen molar-refractivity contribution in [2.75, 3.05) is 5.73 Å². The molecule has 1 heterocycles. The van der Waals surface area contributed by atoms with Gasteiger partial charge in [0, 0.05) is 22.2 Å². The van der Waals surface area contributed by atoms with Gasteiger partial charge in [0.05, 0.1) is 18.2 Å². The molecule has 19 heavy (non-hydrogen) atoms. The van der Waals surface area contributed by atoms with Gasteiger partial charge in [-0.05, 0) is 17.7 Å². The van der Waals surface area contributed by atoms with Crippen LogP contribution in [0.4, 0.5) is 5.69 Å². The molecular formula is C16H13N3. The molecule has 1 aromatic heterocycles. The Morgan fingerprint density at radius 1 is 1.05 bits per heavy atom. The lowest BCUT2D eigenvalue weighted by Crippen LogP contribution is -1.92. The first-order valence-corrected chi connectivity index (χ1v) is 6.12. The van der Waals surface area contributed by atoms with Crippen molar-refractivity contribution in [1.82, 2.24) is 4.98 Å². The molecule has 0 unspecified atom stereocenters. The van der Waals surface area contributed by atoms with E-state index in [9.17, 15) is 0 Å². The minimum atomic E-state index is 0.369. The number of H-pyrrole nitrogens is 1. The van der Waals surface area contributed by atoms with Crippen molar-refractivity contribution in [3.8, 4) is 17.3 Å². The summed E-state index contributed by atoms with van der Waals surface area (Å²) in [6, 6.07) is 17.9. The van der Waals surface area contributed by atoms with Crippen LogP contribution in [-0.4, -0.2) is 4.98 Å². The maximum atomic E-state index is 9.04. The van der Waals surface area contributed by atoms with E-state index in [4.69, 9.17) is 11.0 Å². The van der Waals surface area contributed by atoms with Gasteiger partial charge in [-0.1, -0.05) is 36.4 Å². The van der Waals surface area contributed by atoms with Gasteiger partial charge < -0.3 is 10.7 Å². The molecule has 0 fully saturated rings. The maximum Gasteiger partial charge on any atom is 0.0670 e. The minimum Gasteiger partial charge on any atom is -0.398 e. The Hall–Kier alpha value is -2.73. The number of nitrogens with one attached hydrogen (secondary N) is 1. The second kappa shape index (κ2) is 4.51. The summed E-state index contributed by atoms with van der Waals surface area (Å²) < 4.78 is 0. The highest BCUT2D eigenvalue weighted by atomic mass is 14.7. The zero-order valence-corrected chi connectivity index (χ0v) is 10.4. The number of hydrogen-bond donors (Lipinski definition) is 2. The van der Waals surface area contributed by atoms with Gasteiger partial charge in [0.1, 0.15) is 0 Å². The van der Waals surface area contributed by atoms with Crippen molar-refractivity contribution in [3.05, 3.63) is 54.1 Å². The predicted molar refractivity (Wildman–Crippen MR) is 77.5 cm³/mol. The van der Waals surface area contributed by atoms with Crippen LogP contribution in [0, 0.1) is 11.3 Å². The summed E-state index contributed by atoms with van der Waals surface area (Å²) in [4.78, 5) is 3.38. The summed E-state index contributed by atoms with van der Waals surface area (Å²) >= 11 is 0. The van der Waals surface area contributed by atoms with E-state index in [2.05, 4.69) is 11.1 Å². The van der Waals surface area contributed by atoms with Gasteiger partial charge in [-0.3, -0.25) is 0 Å². The number of rotatable bonds is 2. The molecule has 0 radical (unpaired) electrons. The van der Waals surface area contributed by atoms with Crippen molar-refractivity contribution >= 4 is 16.6 Å². The average molecular weight is 247 g/mol. The molecule has 2 aromatic carbocycles. The molecule has 0 saturated carbocycles. The fraction of sp³-hybridized carbons (Fsp3) is 0.0625. The van der Waals surface area contributed by atoms with E-state index in [-0.39, 0.29) is 0 Å². The first-order valence-electron chi connectivity index (χ1n) is 6.12. The number of nitrogens with two attached hydrogens (primary N) is 1. The summed E-state index contributed by atoms with van der Waals surface area (Å²) in [6.45, 7) is 0. The summed E-state index contributed by atoms with van der Waals surface area (Å²) in [5, 5.41) is 10.1. The van der Waals surface area contributed by atoms with Crippen LogP contribution in [0.1, 0.15) is 5.56 Å². The Bertz CT molecular complexity index is 778. The summed E-state index contributed by atoms with van der Waals surface area (Å²) in [7, 11) is 0. The lowest BCUT2D eigenvalue weighted by atomic mass is 10.0. The van der Waals surface area contributed by atoms with Gasteiger partial charge in [0.2, 0.25) is 0 Å². The van der Waals surface area contributed by atoms with Crippen molar-refractivity contribution in [2.45, 2.75) is 6.42 Å². The molecule has 0 aliphatic heterocycles. The van der Waals surface area contributed by atoms with E-state index in [0.717, 1.165) is 27.7 Å². The van der Waals surface area contributed by atoms with Crippen LogP contribution in [0.2, 0.25) is 0 Å². The second-order valence-electron chi connectivity index (χ2n) is 4.45. The SMILES string of the molecule is N#CCc1c(-c2ccccc2N)[nH]c2ccccc12. The van der Waals surface area contributed by atoms with Crippen LogP contribution in [-0.2, 0) is 6.42 Å². The van der Waals surface area contributed by atoms with E-state index in [1.807, 2.05) is 48.5 Å². The van der Waals surface area contributed by atoms with E-state index in [1.165, 1.54) is 0 Å². The molecule has 3 nitrogen and oxygen atoms in total. The number of nitrogen functional groups attached to an aromatic ring is 1. The Labute approximate surface area is 111 Å². The van der Waals surface area contributed by atoms with Crippen molar-refractivity contribution in [1.29, 1.82) is 5.26 Å². The topological polar surface area (TPSA) is 65.6 Å². The van der Waals surface area contributed by atoms with Gasteiger partial charge in [0.25, 0.3) is 0 Å². The molecule has 3 N–H and O–H groups in total.